The van der Waals surface area contributed by atoms with Crippen molar-refractivity contribution in [3.8, 4) is 158 Å². The zero-order valence-electron chi connectivity index (χ0n) is 63.5. The molecule has 118 heavy (non-hydrogen) atoms. The van der Waals surface area contributed by atoms with Gasteiger partial charge in [0.2, 0.25) is 5.28 Å². The minimum atomic E-state index is -0.621. The first kappa shape index (κ1) is 71.9. The van der Waals surface area contributed by atoms with Gasteiger partial charge in [0.05, 0.1) is 39.1 Å². The summed E-state index contributed by atoms with van der Waals surface area (Å²) in [5, 5.41) is 19.3. The van der Waals surface area contributed by atoms with Crippen LogP contribution < -0.4 is 9.47 Å². The Bertz CT molecular complexity index is 6800. The lowest BCUT2D eigenvalue weighted by atomic mass is 9.65. The molecular weight excluding hydrogens is 1480 g/mol. The molecule has 1 aromatic heterocycles. The number of nitriles is 2. The van der Waals surface area contributed by atoms with E-state index in [9.17, 15) is 5.26 Å². The van der Waals surface area contributed by atoms with Crippen LogP contribution in [0.5, 0.6) is 23.0 Å². The van der Waals surface area contributed by atoms with Crippen molar-refractivity contribution in [3.63, 3.8) is 0 Å². The van der Waals surface area contributed by atoms with Gasteiger partial charge in [0, 0.05) is 50.1 Å². The van der Waals surface area contributed by atoms with Crippen LogP contribution in [-0.2, 0) is 10.8 Å². The number of nitrogens with zero attached hydrogens (tertiary/aromatic N) is 5. The van der Waals surface area contributed by atoms with Crippen LogP contribution in [0.4, 0.5) is 0 Å². The highest BCUT2D eigenvalue weighted by atomic mass is 35.5. The molecule has 4 aliphatic rings. The Morgan fingerprint density at radius 1 is 0.212 bits per heavy atom. The highest BCUT2D eigenvalue weighted by Gasteiger charge is 2.54. The van der Waals surface area contributed by atoms with Gasteiger partial charge >= 0.3 is 0 Å². The van der Waals surface area contributed by atoms with Crippen molar-refractivity contribution >= 4 is 23.2 Å². The highest BCUT2D eigenvalue weighted by molar-refractivity contribution is 6.32. The summed E-state index contributed by atoms with van der Waals surface area (Å²) in [4.78, 5) is 12.8. The van der Waals surface area contributed by atoms with Crippen molar-refractivity contribution in [3.05, 3.63) is 472 Å². The van der Waals surface area contributed by atoms with Crippen LogP contribution in [-0.4, -0.2) is 15.0 Å². The standard InChI is InChI=1S/C56H35NO.C38H22ClNO.C15H10ClN3/c57-36-37-25-27-40(28-26-37)41-29-31-42(32-30-41)46-19-11-23-52-54(46)58-55-47(45-34-43(38-13-3-1-4-14-38)33-44(35-45)39-15-5-2-6-16-39)20-12-24-53(55)56(52)50-21-9-7-17-48(50)49-18-8-10-22-51(49)56;39-35-14-6-13-34-37(35)41-36-28(27-21-19-26(20-22-27)25-17-15-24(23-40)16-18-25)9-5-12-33(36)38(34)31-10-3-1-7-29(31)30-8-2-4-11-32(30)38;16-15-18-13(11-7-3-1-4-8-11)17-14(19-15)12-9-5-2-6-10-12/h1-35H;1-22H;1-10H. The number of ether oxygens (including phenoxy) is 2. The van der Waals surface area contributed by atoms with Crippen LogP contribution in [0.25, 0.3) is 123 Å². The summed E-state index contributed by atoms with van der Waals surface area (Å²) in [7, 11) is 0. The molecule has 2 aliphatic heterocycles. The molecule has 0 bridgehead atoms. The van der Waals surface area contributed by atoms with Crippen molar-refractivity contribution in [2.24, 2.45) is 0 Å². The molecule has 17 aromatic carbocycles. The van der Waals surface area contributed by atoms with E-state index in [0.29, 0.717) is 33.5 Å². The fourth-order valence-corrected chi connectivity index (χ4v) is 18.2. The van der Waals surface area contributed by atoms with Gasteiger partial charge < -0.3 is 9.47 Å². The Morgan fingerprint density at radius 3 is 0.822 bits per heavy atom. The number of fused-ring (bicyclic) bond motifs is 18. The van der Waals surface area contributed by atoms with Gasteiger partial charge in [0.25, 0.3) is 0 Å². The van der Waals surface area contributed by atoms with Crippen molar-refractivity contribution in [1.29, 1.82) is 10.5 Å². The Labute approximate surface area is 694 Å². The third-order valence-corrected chi connectivity index (χ3v) is 23.6. The average molecular weight is 1550 g/mol. The maximum Gasteiger partial charge on any atom is 0.226 e. The maximum absolute atomic E-state index is 9.34. The fourth-order valence-electron chi connectivity index (χ4n) is 17.9. The Morgan fingerprint density at radius 2 is 0.466 bits per heavy atom. The summed E-state index contributed by atoms with van der Waals surface area (Å²) in [5.41, 5.74) is 31.6. The van der Waals surface area contributed by atoms with Gasteiger partial charge in [0.15, 0.2) is 17.4 Å². The summed E-state index contributed by atoms with van der Waals surface area (Å²) < 4.78 is 14.3. The van der Waals surface area contributed by atoms with Crippen molar-refractivity contribution in [2.75, 3.05) is 0 Å². The van der Waals surface area contributed by atoms with Gasteiger partial charge in [-0.05, 0) is 166 Å². The Balaban J connectivity index is 0.000000128. The SMILES string of the molecule is Clc1nc(-c2ccccc2)nc(-c2ccccc2)n1.N#Cc1ccc(-c2ccc(-c3cccc4c3Oc3c(-c5cc(-c6ccccc6)cc(-c6ccccc6)c5)cccc3C43c4ccccc4-c4ccccc43)cc2)cc1.N#Cc1ccc(-c2ccc(-c3cccc4c3Oc3c(Cl)cccc3C43c4ccccc4-c4ccccc43)cc2)cc1. The van der Waals surface area contributed by atoms with Crippen LogP contribution in [0.2, 0.25) is 10.3 Å². The lowest BCUT2D eigenvalue weighted by Gasteiger charge is -2.41. The lowest BCUT2D eigenvalue weighted by Crippen LogP contribution is -2.32. The van der Waals surface area contributed by atoms with E-state index in [2.05, 4.69) is 312 Å². The van der Waals surface area contributed by atoms with E-state index in [-0.39, 0.29) is 5.28 Å². The van der Waals surface area contributed by atoms with Gasteiger partial charge in [-0.15, -0.1) is 0 Å². The summed E-state index contributed by atoms with van der Waals surface area (Å²) in [6.07, 6.45) is 0. The van der Waals surface area contributed by atoms with Crippen LogP contribution in [0.3, 0.4) is 0 Å². The van der Waals surface area contributed by atoms with Crippen LogP contribution in [0, 0.1) is 22.7 Å². The van der Waals surface area contributed by atoms with E-state index in [1.54, 1.807) is 0 Å². The second kappa shape index (κ2) is 30.4. The van der Waals surface area contributed by atoms with Crippen LogP contribution in [0.15, 0.2) is 406 Å². The smallest absolute Gasteiger partial charge is 0.226 e. The van der Waals surface area contributed by atoms with Crippen LogP contribution >= 0.6 is 23.2 Å². The van der Waals surface area contributed by atoms with Crippen molar-refractivity contribution < 1.29 is 9.47 Å². The average Bonchev–Trinajstić information content (AvgIpc) is 1.49. The molecule has 0 saturated carbocycles. The first-order chi connectivity index (χ1) is 58.2. The van der Waals surface area contributed by atoms with E-state index in [1.807, 2.05) is 121 Å². The second-order valence-electron chi connectivity index (χ2n) is 29.6. The summed E-state index contributed by atoms with van der Waals surface area (Å²) in [5.74, 6) is 4.43. The van der Waals surface area contributed by atoms with Crippen molar-refractivity contribution in [2.45, 2.75) is 10.8 Å². The van der Waals surface area contributed by atoms with E-state index in [1.165, 1.54) is 55.6 Å². The molecule has 0 N–H and O–H groups in total. The molecule has 2 spiro atoms. The van der Waals surface area contributed by atoms with Gasteiger partial charge in [-0.2, -0.15) is 20.5 Å². The molecule has 2 aliphatic carbocycles. The summed E-state index contributed by atoms with van der Waals surface area (Å²) in [6.45, 7) is 0. The predicted molar refractivity (Wildman–Crippen MR) is 476 cm³/mol. The zero-order chi connectivity index (χ0) is 79.3. The quantitative estimate of drug-likeness (QED) is 0.142. The van der Waals surface area contributed by atoms with Gasteiger partial charge in [0.1, 0.15) is 17.2 Å². The summed E-state index contributed by atoms with van der Waals surface area (Å²) >= 11 is 12.9. The number of para-hydroxylation sites is 4. The number of benzene rings is 17. The molecular formula is C109H67Cl2N5O2. The van der Waals surface area contributed by atoms with E-state index < -0.39 is 10.8 Å². The predicted octanol–water partition coefficient (Wildman–Crippen LogP) is 28.2. The zero-order valence-corrected chi connectivity index (χ0v) is 65.0. The topological polar surface area (TPSA) is 105 Å². The third-order valence-electron chi connectivity index (χ3n) is 23.2. The van der Waals surface area contributed by atoms with Gasteiger partial charge in [-0.25, -0.2) is 4.98 Å². The lowest BCUT2D eigenvalue weighted by molar-refractivity contribution is 0.438. The molecule has 3 heterocycles. The molecule has 0 radical (unpaired) electrons. The van der Waals surface area contributed by atoms with E-state index >= 15 is 0 Å². The fraction of sp³-hybridized carbons (Fsp3) is 0.0183. The maximum atomic E-state index is 9.34. The first-order valence-corrected chi connectivity index (χ1v) is 39.9. The van der Waals surface area contributed by atoms with Gasteiger partial charge in [-0.3, -0.25) is 0 Å². The number of rotatable bonds is 9. The molecule has 18 aromatic rings. The molecule has 0 fully saturated rings. The molecule has 0 saturated heterocycles. The molecule has 9 heteroatoms. The molecule has 554 valence electrons. The van der Waals surface area contributed by atoms with Crippen LogP contribution in [0.1, 0.15) is 55.6 Å². The van der Waals surface area contributed by atoms with E-state index in [4.69, 9.17) is 37.9 Å². The number of halogens is 2. The third kappa shape index (κ3) is 12.4. The Kier molecular flexibility index (Phi) is 18.5. The second-order valence-corrected chi connectivity index (χ2v) is 30.3. The highest BCUT2D eigenvalue weighted by Crippen LogP contribution is 2.66. The molecule has 0 unspecified atom stereocenters. The van der Waals surface area contributed by atoms with Gasteiger partial charge in [-0.1, -0.05) is 370 Å². The number of hydrogen-bond acceptors (Lipinski definition) is 7. The largest absolute Gasteiger partial charge is 0.455 e. The minimum absolute atomic E-state index is 0.202. The monoisotopic (exact) mass is 1550 g/mol. The van der Waals surface area contributed by atoms with Crippen molar-refractivity contribution in [1.82, 2.24) is 15.0 Å². The minimum Gasteiger partial charge on any atom is -0.455 e. The summed E-state index contributed by atoms with van der Waals surface area (Å²) in [6, 6.07) is 146. The molecule has 0 atom stereocenters. The molecule has 0 amide bonds. The number of aromatic nitrogens is 3. The Hall–Kier alpha value is -15.1. The molecule has 22 rings (SSSR count). The first-order valence-electron chi connectivity index (χ1n) is 39.2. The normalized spacial score (nSPS) is 12.6. The number of hydrogen-bond donors (Lipinski definition) is 0. The van der Waals surface area contributed by atoms with E-state index in [0.717, 1.165) is 117 Å². The molecule has 7 nitrogen and oxygen atoms in total.